The lowest BCUT2D eigenvalue weighted by molar-refractivity contribution is 0.0993. The van der Waals surface area contributed by atoms with Crippen LogP contribution in [0.15, 0.2) is 12.3 Å². The highest BCUT2D eigenvalue weighted by atomic mass is 16.1. The Labute approximate surface area is 64.4 Å². The summed E-state index contributed by atoms with van der Waals surface area (Å²) >= 11 is 0. The van der Waals surface area contributed by atoms with E-state index in [2.05, 4.69) is 10.2 Å². The van der Waals surface area contributed by atoms with Crippen LogP contribution in [0, 0.1) is 0 Å². The number of nitrogens with zero attached hydrogens (tertiary/aromatic N) is 2. The van der Waals surface area contributed by atoms with Crippen molar-refractivity contribution in [2.45, 2.75) is 13.3 Å². The predicted octanol–water partition coefficient (Wildman–Crippen LogP) is 0.138. The van der Waals surface area contributed by atoms with Gasteiger partial charge in [-0.15, -0.1) is 5.10 Å². The van der Waals surface area contributed by atoms with Crippen molar-refractivity contribution in [2.75, 3.05) is 0 Å². The molecule has 0 aromatic carbocycles. The summed E-state index contributed by atoms with van der Waals surface area (Å²) in [5, 5.41) is 7.19. The van der Waals surface area contributed by atoms with E-state index in [0.29, 0.717) is 0 Å². The van der Waals surface area contributed by atoms with Crippen molar-refractivity contribution in [3.63, 3.8) is 0 Å². The summed E-state index contributed by atoms with van der Waals surface area (Å²) in [6.07, 6.45) is 2.29. The lowest BCUT2D eigenvalue weighted by Gasteiger charge is -1.98. The molecule has 11 heavy (non-hydrogen) atoms. The van der Waals surface area contributed by atoms with Gasteiger partial charge in [-0.3, -0.25) is 4.79 Å². The molecule has 1 amide bonds. The Hall–Kier alpha value is -1.45. The quantitative estimate of drug-likeness (QED) is 0.653. The highest BCUT2D eigenvalue weighted by Gasteiger charge is 2.06. The Morgan fingerprint density at radius 3 is 2.91 bits per heavy atom. The predicted molar refractivity (Wildman–Crippen MR) is 39.9 cm³/mol. The number of rotatable bonds is 2. The van der Waals surface area contributed by atoms with E-state index in [9.17, 15) is 4.79 Å². The SMILES string of the molecule is CCc1ccnnc1C(N)=O. The Bertz CT molecular complexity index is 272. The molecule has 1 aromatic heterocycles. The van der Waals surface area contributed by atoms with Gasteiger partial charge < -0.3 is 5.73 Å². The summed E-state index contributed by atoms with van der Waals surface area (Å²) in [7, 11) is 0. The van der Waals surface area contributed by atoms with Gasteiger partial charge in [-0.1, -0.05) is 6.92 Å². The minimum Gasteiger partial charge on any atom is -0.364 e. The van der Waals surface area contributed by atoms with E-state index in [1.807, 2.05) is 6.92 Å². The van der Waals surface area contributed by atoms with Crippen LogP contribution in [0.25, 0.3) is 0 Å². The number of amides is 1. The molecule has 1 aromatic rings. The topological polar surface area (TPSA) is 68.9 Å². The van der Waals surface area contributed by atoms with Gasteiger partial charge in [-0.2, -0.15) is 5.10 Å². The molecule has 0 spiro atoms. The van der Waals surface area contributed by atoms with Gasteiger partial charge in [0.1, 0.15) is 0 Å². The van der Waals surface area contributed by atoms with Crippen LogP contribution in [-0.2, 0) is 6.42 Å². The minimum atomic E-state index is -0.519. The first-order chi connectivity index (χ1) is 5.25. The molecule has 4 nitrogen and oxygen atoms in total. The number of nitrogens with two attached hydrogens (primary N) is 1. The number of hydrogen-bond donors (Lipinski definition) is 1. The van der Waals surface area contributed by atoms with Crippen LogP contribution in [0.2, 0.25) is 0 Å². The second-order valence-electron chi connectivity index (χ2n) is 2.12. The minimum absolute atomic E-state index is 0.273. The molecule has 0 unspecified atom stereocenters. The Morgan fingerprint density at radius 1 is 1.73 bits per heavy atom. The van der Waals surface area contributed by atoms with Gasteiger partial charge in [0.2, 0.25) is 0 Å². The highest BCUT2D eigenvalue weighted by molar-refractivity contribution is 5.91. The molecule has 0 aliphatic rings. The molecular formula is C7H9N3O. The number of primary amides is 1. The van der Waals surface area contributed by atoms with Crippen molar-refractivity contribution in [3.8, 4) is 0 Å². The maximum absolute atomic E-state index is 10.7. The fourth-order valence-corrected chi connectivity index (χ4v) is 0.850. The Morgan fingerprint density at radius 2 is 2.45 bits per heavy atom. The average Bonchev–Trinajstić information content (AvgIpc) is 2.04. The molecule has 58 valence electrons. The van der Waals surface area contributed by atoms with Crippen LogP contribution in [0.1, 0.15) is 23.0 Å². The molecule has 1 heterocycles. The Balaban J connectivity index is 3.12. The third kappa shape index (κ3) is 1.52. The van der Waals surface area contributed by atoms with Gasteiger partial charge in [-0.25, -0.2) is 0 Å². The molecule has 0 aliphatic carbocycles. The van der Waals surface area contributed by atoms with Crippen LogP contribution >= 0.6 is 0 Å². The molecule has 1 rings (SSSR count). The summed E-state index contributed by atoms with van der Waals surface area (Å²) in [4.78, 5) is 10.7. The summed E-state index contributed by atoms with van der Waals surface area (Å²) < 4.78 is 0. The zero-order valence-electron chi connectivity index (χ0n) is 6.24. The zero-order chi connectivity index (χ0) is 8.27. The van der Waals surface area contributed by atoms with Crippen LogP contribution in [0.5, 0.6) is 0 Å². The maximum atomic E-state index is 10.7. The molecule has 2 N–H and O–H groups in total. The second-order valence-corrected chi connectivity index (χ2v) is 2.12. The largest absolute Gasteiger partial charge is 0.364 e. The van der Waals surface area contributed by atoms with E-state index in [1.165, 1.54) is 0 Å². The van der Waals surface area contributed by atoms with E-state index < -0.39 is 5.91 Å². The maximum Gasteiger partial charge on any atom is 0.269 e. The van der Waals surface area contributed by atoms with Crippen molar-refractivity contribution in [1.29, 1.82) is 0 Å². The first kappa shape index (κ1) is 7.65. The molecule has 4 heteroatoms. The highest BCUT2D eigenvalue weighted by Crippen LogP contribution is 2.02. The van der Waals surface area contributed by atoms with Crippen molar-refractivity contribution in [2.24, 2.45) is 5.73 Å². The van der Waals surface area contributed by atoms with Gasteiger partial charge in [-0.05, 0) is 18.1 Å². The number of aromatic nitrogens is 2. The fourth-order valence-electron chi connectivity index (χ4n) is 0.850. The number of carbonyl (C=O) groups excluding carboxylic acids is 1. The van der Waals surface area contributed by atoms with Crippen LogP contribution in [0.3, 0.4) is 0 Å². The molecule has 0 bridgehead atoms. The first-order valence-corrected chi connectivity index (χ1v) is 3.36. The van der Waals surface area contributed by atoms with Crippen molar-refractivity contribution < 1.29 is 4.79 Å². The number of hydrogen-bond acceptors (Lipinski definition) is 3. The van der Waals surface area contributed by atoms with Crippen molar-refractivity contribution in [3.05, 3.63) is 23.5 Å². The number of aryl methyl sites for hydroxylation is 1. The fraction of sp³-hybridized carbons (Fsp3) is 0.286. The normalized spacial score (nSPS) is 9.55. The first-order valence-electron chi connectivity index (χ1n) is 3.36. The molecular weight excluding hydrogens is 142 g/mol. The molecule has 0 radical (unpaired) electrons. The van der Waals surface area contributed by atoms with E-state index in [0.717, 1.165) is 12.0 Å². The second kappa shape index (κ2) is 3.09. The van der Waals surface area contributed by atoms with Gasteiger partial charge in [0.25, 0.3) is 5.91 Å². The van der Waals surface area contributed by atoms with Gasteiger partial charge in [0, 0.05) is 6.20 Å². The van der Waals surface area contributed by atoms with Gasteiger partial charge >= 0.3 is 0 Å². The summed E-state index contributed by atoms with van der Waals surface area (Å²) in [6.45, 7) is 1.93. The lowest BCUT2D eigenvalue weighted by atomic mass is 10.1. The monoisotopic (exact) mass is 151 g/mol. The third-order valence-electron chi connectivity index (χ3n) is 1.42. The molecule has 0 aliphatic heterocycles. The molecule has 0 saturated heterocycles. The summed E-state index contributed by atoms with van der Waals surface area (Å²) in [5.41, 5.74) is 6.16. The lowest BCUT2D eigenvalue weighted by Crippen LogP contribution is -2.16. The van der Waals surface area contributed by atoms with E-state index in [4.69, 9.17) is 5.73 Å². The van der Waals surface area contributed by atoms with E-state index in [-0.39, 0.29) is 5.69 Å². The summed E-state index contributed by atoms with van der Waals surface area (Å²) in [6, 6.07) is 1.74. The van der Waals surface area contributed by atoms with Crippen LogP contribution in [0.4, 0.5) is 0 Å². The van der Waals surface area contributed by atoms with Gasteiger partial charge in [0.05, 0.1) is 0 Å². The Kier molecular flexibility index (Phi) is 2.15. The van der Waals surface area contributed by atoms with Crippen molar-refractivity contribution in [1.82, 2.24) is 10.2 Å². The van der Waals surface area contributed by atoms with Crippen LogP contribution in [-0.4, -0.2) is 16.1 Å². The average molecular weight is 151 g/mol. The van der Waals surface area contributed by atoms with Crippen LogP contribution < -0.4 is 5.73 Å². The standard InChI is InChI=1S/C7H9N3O/c1-2-5-3-4-9-10-6(5)7(8)11/h3-4H,2H2,1H3,(H2,8,11). The molecule has 0 saturated carbocycles. The van der Waals surface area contributed by atoms with E-state index in [1.54, 1.807) is 12.3 Å². The smallest absolute Gasteiger partial charge is 0.269 e. The zero-order valence-corrected chi connectivity index (χ0v) is 6.24. The van der Waals surface area contributed by atoms with Gasteiger partial charge in [0.15, 0.2) is 5.69 Å². The third-order valence-corrected chi connectivity index (χ3v) is 1.42. The van der Waals surface area contributed by atoms with E-state index >= 15 is 0 Å². The molecule has 0 fully saturated rings. The number of carbonyl (C=O) groups is 1. The summed E-state index contributed by atoms with van der Waals surface area (Å²) in [5.74, 6) is -0.519. The molecule has 0 atom stereocenters. The van der Waals surface area contributed by atoms with Crippen molar-refractivity contribution >= 4 is 5.91 Å².